The van der Waals surface area contributed by atoms with E-state index in [1.54, 1.807) is 0 Å². The van der Waals surface area contributed by atoms with Crippen LogP contribution in [0, 0.1) is 0 Å². The maximum absolute atomic E-state index is 12.1. The first-order chi connectivity index (χ1) is 9.24. The van der Waals surface area contributed by atoms with Crippen LogP contribution < -0.4 is 0 Å². The number of carbonyl (C=O) groups is 1. The molecule has 0 aliphatic rings. The van der Waals surface area contributed by atoms with Gasteiger partial charge in [0.25, 0.3) is 0 Å². The molecule has 0 spiro atoms. The average Bonchev–Trinajstić information content (AvgIpc) is 2.38. The van der Waals surface area contributed by atoms with E-state index < -0.39 is 10.8 Å². The lowest BCUT2D eigenvalue weighted by Crippen LogP contribution is -2.18. The predicted molar refractivity (Wildman–Crippen MR) is 83.1 cm³/mol. The third kappa shape index (κ3) is 5.08. The summed E-state index contributed by atoms with van der Waals surface area (Å²) >= 11 is 0. The molecule has 20 heavy (non-hydrogen) atoms. The highest BCUT2D eigenvalue weighted by Crippen LogP contribution is 2.22. The fourth-order valence-corrected chi connectivity index (χ4v) is 2.95. The summed E-state index contributed by atoms with van der Waals surface area (Å²) in [5, 5.41) is -0.190. The van der Waals surface area contributed by atoms with Crippen molar-refractivity contribution in [3.8, 4) is 0 Å². The normalized spacial score (nSPS) is 14.7. The zero-order valence-corrected chi connectivity index (χ0v) is 13.8. The lowest BCUT2D eigenvalue weighted by atomic mass is 9.87. The van der Waals surface area contributed by atoms with Crippen LogP contribution in [-0.4, -0.2) is 22.5 Å². The lowest BCUT2D eigenvalue weighted by molar-refractivity contribution is -0.140. The maximum Gasteiger partial charge on any atom is 0.306 e. The molecule has 0 heterocycles. The largest absolute Gasteiger partial charge is 0.469 e. The van der Waals surface area contributed by atoms with Gasteiger partial charge in [0.05, 0.1) is 13.5 Å². The Morgan fingerprint density at radius 1 is 1.25 bits per heavy atom. The van der Waals surface area contributed by atoms with Gasteiger partial charge in [0, 0.05) is 21.8 Å². The predicted octanol–water partition coefficient (Wildman–Crippen LogP) is 3.18. The Hall–Kier alpha value is -1.16. The molecule has 0 bridgehead atoms. The van der Waals surface area contributed by atoms with Crippen LogP contribution in [0.25, 0.3) is 0 Å². The number of rotatable bonds is 5. The van der Waals surface area contributed by atoms with E-state index >= 15 is 0 Å². The molecule has 2 unspecified atom stereocenters. The monoisotopic (exact) mass is 296 g/mol. The zero-order valence-electron chi connectivity index (χ0n) is 12.9. The Morgan fingerprint density at radius 3 is 2.25 bits per heavy atom. The number of benzene rings is 1. The molecule has 0 N–H and O–H groups in total. The summed E-state index contributed by atoms with van der Waals surface area (Å²) in [5.41, 5.74) is 2.42. The van der Waals surface area contributed by atoms with Gasteiger partial charge < -0.3 is 4.74 Å². The summed E-state index contributed by atoms with van der Waals surface area (Å²) in [7, 11) is 0.284. The van der Waals surface area contributed by atoms with Gasteiger partial charge in [-0.1, -0.05) is 52.0 Å². The second kappa shape index (κ2) is 7.02. The Bertz CT molecular complexity index is 471. The van der Waals surface area contributed by atoms with Crippen LogP contribution in [-0.2, 0) is 31.5 Å². The molecule has 0 radical (unpaired) electrons. The molecule has 0 fully saturated rings. The molecular formula is C16H24O3S. The van der Waals surface area contributed by atoms with E-state index in [1.165, 1.54) is 12.7 Å². The number of methoxy groups -OCH3 is 1. The third-order valence-corrected chi connectivity index (χ3v) is 4.94. The van der Waals surface area contributed by atoms with Gasteiger partial charge in [0.15, 0.2) is 0 Å². The van der Waals surface area contributed by atoms with Gasteiger partial charge in [0.2, 0.25) is 0 Å². The zero-order chi connectivity index (χ0) is 15.3. The lowest BCUT2D eigenvalue weighted by Gasteiger charge is -2.19. The second-order valence-electron chi connectivity index (χ2n) is 6.06. The van der Waals surface area contributed by atoms with Crippen molar-refractivity contribution in [1.29, 1.82) is 0 Å². The average molecular weight is 296 g/mol. The van der Waals surface area contributed by atoms with Crippen molar-refractivity contribution in [2.75, 3.05) is 7.11 Å². The molecule has 0 amide bonds. The van der Waals surface area contributed by atoms with E-state index in [-0.39, 0.29) is 23.1 Å². The Balaban J connectivity index is 2.65. The summed E-state index contributed by atoms with van der Waals surface area (Å²) in [6.45, 7) is 8.31. The van der Waals surface area contributed by atoms with Gasteiger partial charge in [-0.15, -0.1) is 0 Å². The van der Waals surface area contributed by atoms with Gasteiger partial charge in [-0.2, -0.15) is 0 Å². The van der Waals surface area contributed by atoms with E-state index in [2.05, 4.69) is 37.6 Å². The molecule has 1 aromatic rings. The van der Waals surface area contributed by atoms with Crippen molar-refractivity contribution in [3.05, 3.63) is 35.4 Å². The van der Waals surface area contributed by atoms with E-state index in [4.69, 9.17) is 0 Å². The molecule has 112 valence electrons. The summed E-state index contributed by atoms with van der Waals surface area (Å²) in [4.78, 5) is 11.2. The first kappa shape index (κ1) is 16.9. The second-order valence-corrected chi connectivity index (χ2v) is 7.92. The first-order valence-corrected chi connectivity index (χ1v) is 8.15. The van der Waals surface area contributed by atoms with Crippen molar-refractivity contribution in [1.82, 2.24) is 0 Å². The van der Waals surface area contributed by atoms with Crippen LogP contribution in [0.4, 0.5) is 0 Å². The van der Waals surface area contributed by atoms with Crippen LogP contribution in [0.3, 0.4) is 0 Å². The molecule has 0 aliphatic heterocycles. The van der Waals surface area contributed by atoms with Crippen molar-refractivity contribution in [3.63, 3.8) is 0 Å². The van der Waals surface area contributed by atoms with Crippen LogP contribution in [0.2, 0.25) is 0 Å². The number of carbonyl (C=O) groups excluding carboxylic acids is 1. The minimum atomic E-state index is -1.07. The van der Waals surface area contributed by atoms with E-state index in [0.29, 0.717) is 5.75 Å². The van der Waals surface area contributed by atoms with Gasteiger partial charge in [-0.05, 0) is 16.5 Å². The summed E-state index contributed by atoms with van der Waals surface area (Å²) in [6.07, 6.45) is 0.198. The van der Waals surface area contributed by atoms with Gasteiger partial charge in [0.1, 0.15) is 0 Å². The van der Waals surface area contributed by atoms with E-state index in [0.717, 1.165) is 5.56 Å². The quantitative estimate of drug-likeness (QED) is 0.784. The minimum absolute atomic E-state index is 0.121. The SMILES string of the molecule is COC(=O)CC(C)S(=O)Cc1ccc(C(C)(C)C)cc1. The number of hydrogen-bond donors (Lipinski definition) is 0. The molecule has 1 aromatic carbocycles. The molecule has 0 aromatic heterocycles. The fraction of sp³-hybridized carbons (Fsp3) is 0.562. The molecule has 4 heteroatoms. The number of hydrogen-bond acceptors (Lipinski definition) is 3. The summed E-state index contributed by atoms with van der Waals surface area (Å²) in [6, 6.07) is 8.20. The van der Waals surface area contributed by atoms with Gasteiger partial charge in [-0.3, -0.25) is 9.00 Å². The summed E-state index contributed by atoms with van der Waals surface area (Å²) in [5.74, 6) is 0.164. The Kier molecular flexibility index (Phi) is 5.93. The first-order valence-electron chi connectivity index (χ1n) is 6.77. The molecule has 0 saturated carbocycles. The third-order valence-electron chi connectivity index (χ3n) is 3.26. The standard InChI is InChI=1S/C16H24O3S/c1-12(10-15(17)19-5)20(18)11-13-6-8-14(9-7-13)16(2,3)4/h6-9,12H,10-11H2,1-5H3. The maximum atomic E-state index is 12.1. The van der Waals surface area contributed by atoms with Gasteiger partial charge in [-0.25, -0.2) is 0 Å². The molecule has 0 aliphatic carbocycles. The smallest absolute Gasteiger partial charge is 0.306 e. The highest BCUT2D eigenvalue weighted by atomic mass is 32.2. The van der Waals surface area contributed by atoms with E-state index in [9.17, 15) is 9.00 Å². The highest BCUT2D eigenvalue weighted by Gasteiger charge is 2.17. The molecule has 3 nitrogen and oxygen atoms in total. The molecule has 1 rings (SSSR count). The minimum Gasteiger partial charge on any atom is -0.469 e. The topological polar surface area (TPSA) is 43.4 Å². The van der Waals surface area contributed by atoms with Crippen LogP contribution >= 0.6 is 0 Å². The van der Waals surface area contributed by atoms with Crippen LogP contribution in [0.15, 0.2) is 24.3 Å². The molecular weight excluding hydrogens is 272 g/mol. The number of esters is 1. The van der Waals surface area contributed by atoms with Crippen LogP contribution in [0.1, 0.15) is 45.2 Å². The number of ether oxygens (including phenoxy) is 1. The fourth-order valence-electron chi connectivity index (χ4n) is 1.82. The van der Waals surface area contributed by atoms with E-state index in [1.807, 2.05) is 19.1 Å². The Morgan fingerprint density at radius 2 is 1.80 bits per heavy atom. The summed E-state index contributed by atoms with van der Waals surface area (Å²) < 4.78 is 16.8. The molecule has 0 saturated heterocycles. The van der Waals surface area contributed by atoms with Crippen molar-refractivity contribution >= 4 is 16.8 Å². The molecule has 2 atom stereocenters. The Labute approximate surface area is 124 Å². The van der Waals surface area contributed by atoms with Crippen molar-refractivity contribution < 1.29 is 13.7 Å². The van der Waals surface area contributed by atoms with Crippen LogP contribution in [0.5, 0.6) is 0 Å². The van der Waals surface area contributed by atoms with Crippen molar-refractivity contribution in [2.45, 2.75) is 50.5 Å². The van der Waals surface area contributed by atoms with Crippen molar-refractivity contribution in [2.24, 2.45) is 0 Å². The highest BCUT2D eigenvalue weighted by molar-refractivity contribution is 7.84. The van der Waals surface area contributed by atoms with Gasteiger partial charge >= 0.3 is 5.97 Å².